The summed E-state index contributed by atoms with van der Waals surface area (Å²) in [7, 11) is -0.843. The summed E-state index contributed by atoms with van der Waals surface area (Å²) in [5.41, 5.74) is 0. The second kappa shape index (κ2) is 4.35. The largest absolute Gasteiger partial charge is 0.726 e. The number of nitrogens with zero attached hydrogens (tertiary/aromatic N) is 2. The van der Waals surface area contributed by atoms with Crippen LogP contribution in [-0.4, -0.2) is 22.1 Å². The van der Waals surface area contributed by atoms with E-state index in [1.807, 2.05) is 26.5 Å². The van der Waals surface area contributed by atoms with Gasteiger partial charge < -0.3 is 4.55 Å². The lowest BCUT2D eigenvalue weighted by Gasteiger charge is -1.88. The second-order valence-electron chi connectivity index (χ2n) is 2.49. The molecule has 0 aliphatic carbocycles. The van der Waals surface area contributed by atoms with Crippen LogP contribution in [0, 0.1) is 6.92 Å². The van der Waals surface area contributed by atoms with Crippen molar-refractivity contribution in [1.29, 1.82) is 0 Å². The van der Waals surface area contributed by atoms with E-state index in [-0.39, 0.29) is 0 Å². The molecule has 0 aromatic carbocycles. The van der Waals surface area contributed by atoms with Gasteiger partial charge in [-0.15, -0.1) is 0 Å². The third-order valence-electron chi connectivity index (χ3n) is 1.53. The van der Waals surface area contributed by atoms with E-state index >= 15 is 0 Å². The second-order valence-corrected chi connectivity index (χ2v) is 3.35. The molecule has 0 amide bonds. The lowest BCUT2D eigenvalue weighted by molar-refractivity contribution is -0.677. The molecule has 0 radical (unpaired) electrons. The minimum Gasteiger partial charge on any atom is -0.726 e. The monoisotopic (exact) mass is 208 g/mol. The molecule has 1 aromatic heterocycles. The third kappa shape index (κ3) is 6.26. The average molecular weight is 208 g/mol. The summed E-state index contributed by atoms with van der Waals surface area (Å²) in [6.45, 7) is 2.08. The Hall–Kier alpha value is -0.920. The van der Waals surface area contributed by atoms with Gasteiger partial charge in [-0.2, -0.15) is 0 Å². The molecule has 0 aliphatic heterocycles. The van der Waals surface area contributed by atoms with Gasteiger partial charge in [-0.25, -0.2) is 17.6 Å². The summed E-state index contributed by atoms with van der Waals surface area (Å²) in [5.74, 6) is 1.27. The van der Waals surface area contributed by atoms with Crippen molar-refractivity contribution in [3.05, 3.63) is 18.2 Å². The van der Waals surface area contributed by atoms with Gasteiger partial charge in [0.05, 0.1) is 14.1 Å². The topological polar surface area (TPSA) is 86.2 Å². The lowest BCUT2D eigenvalue weighted by atomic mass is 10.7. The highest BCUT2D eigenvalue weighted by Gasteiger charge is 2.00. The standard InChI is InChI=1S/C6H11N2.H2O4S/c1-6-7(2)4-5-8(6)3;1-5(2,3)4/h4-5H,1-3H3;(H2,1,2,3,4)/q+1;/p-1. The van der Waals surface area contributed by atoms with Gasteiger partial charge in [0.2, 0.25) is 10.4 Å². The number of aromatic nitrogens is 2. The van der Waals surface area contributed by atoms with Crippen molar-refractivity contribution in [3.8, 4) is 0 Å². The Bertz CT molecular complexity index is 340. The van der Waals surface area contributed by atoms with E-state index in [1.54, 1.807) is 0 Å². The fourth-order valence-corrected chi connectivity index (χ4v) is 0.665. The summed E-state index contributed by atoms with van der Waals surface area (Å²) in [5, 5.41) is 0. The Kier molecular flexibility index (Phi) is 4.05. The van der Waals surface area contributed by atoms with Crippen molar-refractivity contribution in [1.82, 2.24) is 4.57 Å². The van der Waals surface area contributed by atoms with Crippen LogP contribution in [0.1, 0.15) is 5.82 Å². The fourth-order valence-electron chi connectivity index (χ4n) is 0.665. The maximum atomic E-state index is 8.63. The number of rotatable bonds is 0. The summed E-state index contributed by atoms with van der Waals surface area (Å²) >= 11 is 0. The zero-order chi connectivity index (χ0) is 10.6. The molecule has 0 saturated carbocycles. The molecular weight excluding hydrogens is 196 g/mol. The minimum absolute atomic E-state index is 1.27. The van der Waals surface area contributed by atoms with Crippen molar-refractivity contribution in [3.63, 3.8) is 0 Å². The van der Waals surface area contributed by atoms with Crippen molar-refractivity contribution in [2.45, 2.75) is 6.92 Å². The van der Waals surface area contributed by atoms with Crippen LogP contribution in [0.3, 0.4) is 0 Å². The molecule has 0 saturated heterocycles. The Morgan fingerprint density at radius 1 is 1.62 bits per heavy atom. The first-order chi connectivity index (χ1) is 5.72. The number of imidazole rings is 1. The number of aryl methyl sites for hydroxylation is 2. The summed E-state index contributed by atoms with van der Waals surface area (Å²) in [6, 6.07) is 0. The van der Waals surface area contributed by atoms with E-state index in [0.717, 1.165) is 0 Å². The van der Waals surface area contributed by atoms with E-state index < -0.39 is 10.4 Å². The van der Waals surface area contributed by atoms with Crippen molar-refractivity contribution < 1.29 is 22.1 Å². The molecule has 0 bridgehead atoms. The van der Waals surface area contributed by atoms with Crippen LogP contribution in [0.2, 0.25) is 0 Å². The van der Waals surface area contributed by atoms with Crippen LogP contribution in [0.25, 0.3) is 0 Å². The first-order valence-corrected chi connectivity index (χ1v) is 4.74. The van der Waals surface area contributed by atoms with E-state index in [1.165, 1.54) is 5.82 Å². The summed E-state index contributed by atoms with van der Waals surface area (Å²) in [4.78, 5) is 0. The molecule has 0 fully saturated rings. The van der Waals surface area contributed by atoms with E-state index in [2.05, 4.69) is 16.1 Å². The van der Waals surface area contributed by atoms with Gasteiger partial charge >= 0.3 is 0 Å². The Morgan fingerprint density at radius 3 is 2.08 bits per heavy atom. The Labute approximate surface area is 77.0 Å². The van der Waals surface area contributed by atoms with Gasteiger partial charge in [0.15, 0.2) is 0 Å². The van der Waals surface area contributed by atoms with Crippen molar-refractivity contribution in [2.24, 2.45) is 14.1 Å². The van der Waals surface area contributed by atoms with Gasteiger partial charge in [0.1, 0.15) is 12.4 Å². The highest BCUT2D eigenvalue weighted by atomic mass is 32.3. The quantitative estimate of drug-likeness (QED) is 0.342. The summed E-state index contributed by atoms with van der Waals surface area (Å²) in [6.07, 6.45) is 4.07. The van der Waals surface area contributed by atoms with Gasteiger partial charge in [0, 0.05) is 6.92 Å². The molecule has 1 N–H and O–H groups in total. The van der Waals surface area contributed by atoms with Crippen LogP contribution in [0.5, 0.6) is 0 Å². The zero-order valence-electron chi connectivity index (χ0n) is 7.63. The third-order valence-corrected chi connectivity index (χ3v) is 1.53. The molecule has 1 aromatic rings. The molecule has 0 spiro atoms. The molecule has 76 valence electrons. The normalized spacial score (nSPS) is 10.5. The number of hydrogen-bond donors (Lipinski definition) is 1. The minimum atomic E-state index is -4.92. The SMILES string of the molecule is Cc1n(C)cc[n+]1C.O=S(=O)([O-])O. The highest BCUT2D eigenvalue weighted by Crippen LogP contribution is 1.84. The maximum absolute atomic E-state index is 8.63. The van der Waals surface area contributed by atoms with Crippen LogP contribution in [0.15, 0.2) is 12.4 Å². The van der Waals surface area contributed by atoms with Crippen LogP contribution in [-0.2, 0) is 24.5 Å². The fraction of sp³-hybridized carbons (Fsp3) is 0.500. The van der Waals surface area contributed by atoms with Crippen LogP contribution in [0.4, 0.5) is 0 Å². The molecule has 13 heavy (non-hydrogen) atoms. The van der Waals surface area contributed by atoms with E-state index in [0.29, 0.717) is 0 Å². The Balaban J connectivity index is 0.000000252. The number of hydrogen-bond acceptors (Lipinski definition) is 3. The van der Waals surface area contributed by atoms with Crippen molar-refractivity contribution in [2.75, 3.05) is 0 Å². The molecule has 1 heterocycles. The molecule has 0 aliphatic rings. The van der Waals surface area contributed by atoms with E-state index in [4.69, 9.17) is 17.5 Å². The molecule has 0 unspecified atom stereocenters. The van der Waals surface area contributed by atoms with Gasteiger partial charge in [-0.05, 0) is 0 Å². The first-order valence-electron chi connectivity index (χ1n) is 3.37. The van der Waals surface area contributed by atoms with Gasteiger partial charge in [0.25, 0.3) is 5.82 Å². The average Bonchev–Trinajstić information content (AvgIpc) is 2.16. The Morgan fingerprint density at radius 2 is 2.00 bits per heavy atom. The molecular formula is C6H12N2O4S. The van der Waals surface area contributed by atoms with Gasteiger partial charge in [-0.3, -0.25) is 4.55 Å². The first kappa shape index (κ1) is 12.1. The summed E-state index contributed by atoms with van der Waals surface area (Å²) < 4.78 is 37.0. The van der Waals surface area contributed by atoms with Crippen LogP contribution >= 0.6 is 0 Å². The molecule has 7 heteroatoms. The smallest absolute Gasteiger partial charge is 0.252 e. The van der Waals surface area contributed by atoms with Crippen LogP contribution < -0.4 is 4.57 Å². The highest BCUT2D eigenvalue weighted by molar-refractivity contribution is 7.79. The predicted octanol–water partition coefficient (Wildman–Crippen LogP) is -0.837. The molecule has 0 atom stereocenters. The zero-order valence-corrected chi connectivity index (χ0v) is 8.45. The lowest BCUT2D eigenvalue weighted by Crippen LogP contribution is -2.29. The maximum Gasteiger partial charge on any atom is 0.252 e. The predicted molar refractivity (Wildman–Crippen MR) is 43.7 cm³/mol. The van der Waals surface area contributed by atoms with Gasteiger partial charge in [-0.1, -0.05) is 0 Å². The molecule has 1 rings (SSSR count). The molecule has 6 nitrogen and oxygen atoms in total. The van der Waals surface area contributed by atoms with E-state index in [9.17, 15) is 0 Å². The van der Waals surface area contributed by atoms with Crippen molar-refractivity contribution >= 4 is 10.4 Å².